The van der Waals surface area contributed by atoms with Crippen LogP contribution in [-0.4, -0.2) is 29.6 Å². The van der Waals surface area contributed by atoms with E-state index in [1.807, 2.05) is 25.1 Å². The number of ether oxygens (including phenoxy) is 1. The third-order valence-corrected chi connectivity index (χ3v) is 4.81. The largest absolute Gasteiger partial charge is 0.483 e. The molecule has 0 saturated heterocycles. The average molecular weight is 511 g/mol. The topological polar surface area (TPSA) is 123 Å². The van der Waals surface area contributed by atoms with Crippen molar-refractivity contribution in [3.8, 4) is 5.75 Å². The van der Waals surface area contributed by atoms with E-state index in [1.165, 1.54) is 24.4 Å². The van der Waals surface area contributed by atoms with Gasteiger partial charge in [0.15, 0.2) is 6.61 Å². The van der Waals surface area contributed by atoms with Crippen molar-refractivity contribution in [1.82, 2.24) is 5.43 Å². The minimum Gasteiger partial charge on any atom is -0.483 e. The molecule has 33 heavy (non-hydrogen) atoms. The van der Waals surface area contributed by atoms with Gasteiger partial charge in [0.2, 0.25) is 0 Å². The monoisotopic (exact) mass is 510 g/mol. The summed E-state index contributed by atoms with van der Waals surface area (Å²) in [4.78, 5) is 34.7. The number of nitrogens with zero attached hydrogens (tertiary/aromatic N) is 2. The maximum atomic E-state index is 12.2. The molecule has 0 heterocycles. The number of nitro groups is 1. The SMILES string of the molecule is Cc1cccc(NC(=O)COc2ccc(Br)cc2/C=N/NC(=O)c2cccc([N+](=O)[O-])c2)c1. The first-order valence-electron chi connectivity index (χ1n) is 9.68. The predicted molar refractivity (Wildman–Crippen MR) is 128 cm³/mol. The van der Waals surface area contributed by atoms with E-state index in [4.69, 9.17) is 4.74 Å². The van der Waals surface area contributed by atoms with Crippen molar-refractivity contribution in [2.45, 2.75) is 6.92 Å². The number of amides is 2. The summed E-state index contributed by atoms with van der Waals surface area (Å²) >= 11 is 3.36. The number of non-ortho nitro benzene ring substituents is 1. The van der Waals surface area contributed by atoms with Crippen molar-refractivity contribution in [2.75, 3.05) is 11.9 Å². The van der Waals surface area contributed by atoms with Crippen LogP contribution in [-0.2, 0) is 4.79 Å². The van der Waals surface area contributed by atoms with Crippen molar-refractivity contribution < 1.29 is 19.2 Å². The molecule has 9 nitrogen and oxygen atoms in total. The lowest BCUT2D eigenvalue weighted by molar-refractivity contribution is -0.384. The molecule has 0 aromatic heterocycles. The van der Waals surface area contributed by atoms with E-state index in [0.717, 1.165) is 16.1 Å². The highest BCUT2D eigenvalue weighted by Gasteiger charge is 2.11. The molecule has 10 heteroatoms. The van der Waals surface area contributed by atoms with Crippen molar-refractivity contribution in [2.24, 2.45) is 5.10 Å². The molecule has 0 fully saturated rings. The Balaban J connectivity index is 1.63. The van der Waals surface area contributed by atoms with Crippen LogP contribution in [0.5, 0.6) is 5.75 Å². The molecule has 0 spiro atoms. The molecule has 3 aromatic carbocycles. The van der Waals surface area contributed by atoms with E-state index in [-0.39, 0.29) is 23.8 Å². The molecule has 0 aliphatic heterocycles. The zero-order chi connectivity index (χ0) is 23.8. The van der Waals surface area contributed by atoms with Gasteiger partial charge in [-0.3, -0.25) is 19.7 Å². The molecular formula is C23H19BrN4O5. The fourth-order valence-electron chi connectivity index (χ4n) is 2.80. The van der Waals surface area contributed by atoms with Gasteiger partial charge < -0.3 is 10.1 Å². The maximum Gasteiger partial charge on any atom is 0.271 e. The lowest BCUT2D eigenvalue weighted by atomic mass is 10.2. The molecular weight excluding hydrogens is 492 g/mol. The molecule has 0 atom stereocenters. The Bertz CT molecular complexity index is 1230. The number of benzene rings is 3. The minimum atomic E-state index is -0.607. The zero-order valence-electron chi connectivity index (χ0n) is 17.4. The molecule has 0 aliphatic rings. The number of hydrogen-bond donors (Lipinski definition) is 2. The van der Waals surface area contributed by atoms with Crippen LogP contribution >= 0.6 is 15.9 Å². The summed E-state index contributed by atoms with van der Waals surface area (Å²) in [5.41, 5.74) is 4.42. The number of rotatable bonds is 8. The van der Waals surface area contributed by atoms with E-state index >= 15 is 0 Å². The second-order valence-corrected chi connectivity index (χ2v) is 7.81. The first-order chi connectivity index (χ1) is 15.8. The number of halogens is 1. The number of nitro benzene ring substituents is 1. The minimum absolute atomic E-state index is 0.0971. The summed E-state index contributed by atoms with van der Waals surface area (Å²) < 4.78 is 6.37. The highest BCUT2D eigenvalue weighted by atomic mass is 79.9. The van der Waals surface area contributed by atoms with Crippen LogP contribution in [0.2, 0.25) is 0 Å². The van der Waals surface area contributed by atoms with E-state index < -0.39 is 10.8 Å². The van der Waals surface area contributed by atoms with Gasteiger partial charge in [-0.15, -0.1) is 0 Å². The molecule has 0 unspecified atom stereocenters. The standard InChI is InChI=1S/C23H19BrN4O5/c1-15-4-2-6-19(10-15)26-22(29)14-33-21-9-8-18(24)11-17(21)13-25-27-23(30)16-5-3-7-20(12-16)28(31)32/h2-13H,14H2,1H3,(H,26,29)(H,27,30)/b25-13+. The van der Waals surface area contributed by atoms with Gasteiger partial charge in [0.25, 0.3) is 17.5 Å². The van der Waals surface area contributed by atoms with Crippen LogP contribution < -0.4 is 15.5 Å². The number of anilines is 1. The first kappa shape index (κ1) is 23.6. The van der Waals surface area contributed by atoms with Gasteiger partial charge in [0.1, 0.15) is 5.75 Å². The van der Waals surface area contributed by atoms with Gasteiger partial charge >= 0.3 is 0 Å². The second-order valence-electron chi connectivity index (χ2n) is 6.90. The molecule has 0 aliphatic carbocycles. The number of hydrogen-bond acceptors (Lipinski definition) is 6. The number of nitrogens with one attached hydrogen (secondary N) is 2. The van der Waals surface area contributed by atoms with Gasteiger partial charge in [0.05, 0.1) is 11.1 Å². The number of hydrazone groups is 1. The van der Waals surface area contributed by atoms with Crippen LogP contribution in [0.25, 0.3) is 0 Å². The van der Waals surface area contributed by atoms with Crippen LogP contribution in [0.1, 0.15) is 21.5 Å². The van der Waals surface area contributed by atoms with Crippen molar-refractivity contribution in [3.05, 3.63) is 98.0 Å². The molecule has 0 bridgehead atoms. The quantitative estimate of drug-likeness (QED) is 0.263. The number of aryl methyl sites for hydroxylation is 1. The van der Waals surface area contributed by atoms with Crippen molar-refractivity contribution >= 4 is 45.3 Å². The highest BCUT2D eigenvalue weighted by Crippen LogP contribution is 2.22. The number of carbonyl (C=O) groups excluding carboxylic acids is 2. The molecule has 0 radical (unpaired) electrons. The van der Waals surface area contributed by atoms with Gasteiger partial charge in [-0.2, -0.15) is 5.10 Å². The Morgan fingerprint density at radius 1 is 1.12 bits per heavy atom. The maximum absolute atomic E-state index is 12.2. The Hall–Kier alpha value is -4.05. The number of carbonyl (C=O) groups is 2. The van der Waals surface area contributed by atoms with E-state index in [9.17, 15) is 19.7 Å². The third kappa shape index (κ3) is 6.97. The van der Waals surface area contributed by atoms with Gasteiger partial charge in [-0.05, 0) is 48.9 Å². The molecule has 0 saturated carbocycles. The highest BCUT2D eigenvalue weighted by molar-refractivity contribution is 9.10. The lowest BCUT2D eigenvalue weighted by Gasteiger charge is -2.10. The van der Waals surface area contributed by atoms with Crippen LogP contribution in [0.15, 0.2) is 76.3 Å². The fourth-order valence-corrected chi connectivity index (χ4v) is 3.18. The van der Waals surface area contributed by atoms with Crippen LogP contribution in [0, 0.1) is 17.0 Å². The zero-order valence-corrected chi connectivity index (χ0v) is 19.0. The molecule has 2 amide bonds. The van der Waals surface area contributed by atoms with Crippen molar-refractivity contribution in [3.63, 3.8) is 0 Å². The summed E-state index contributed by atoms with van der Waals surface area (Å²) in [5.74, 6) is -0.554. The average Bonchev–Trinajstić information content (AvgIpc) is 2.78. The van der Waals surface area contributed by atoms with Crippen molar-refractivity contribution in [1.29, 1.82) is 0 Å². The molecule has 168 valence electrons. The van der Waals surface area contributed by atoms with Gasteiger partial charge in [-0.1, -0.05) is 34.1 Å². The molecule has 2 N–H and O–H groups in total. The van der Waals surface area contributed by atoms with Gasteiger partial charge in [0, 0.05) is 33.4 Å². The summed E-state index contributed by atoms with van der Waals surface area (Å²) in [5, 5.41) is 17.5. The van der Waals surface area contributed by atoms with E-state index in [1.54, 1.807) is 24.3 Å². The summed E-state index contributed by atoms with van der Waals surface area (Å²) in [6, 6.07) is 17.8. The summed E-state index contributed by atoms with van der Waals surface area (Å²) in [6.07, 6.45) is 1.35. The predicted octanol–water partition coefficient (Wildman–Crippen LogP) is 4.45. The Morgan fingerprint density at radius 2 is 1.91 bits per heavy atom. The Labute approximate surface area is 197 Å². The lowest BCUT2D eigenvalue weighted by Crippen LogP contribution is -2.20. The Kier molecular flexibility index (Phi) is 7.87. The fraction of sp³-hybridized carbons (Fsp3) is 0.0870. The first-order valence-corrected chi connectivity index (χ1v) is 10.5. The third-order valence-electron chi connectivity index (χ3n) is 4.32. The van der Waals surface area contributed by atoms with E-state index in [2.05, 4.69) is 31.8 Å². The smallest absolute Gasteiger partial charge is 0.271 e. The summed E-state index contributed by atoms with van der Waals surface area (Å²) in [6.45, 7) is 1.70. The van der Waals surface area contributed by atoms with Gasteiger partial charge in [-0.25, -0.2) is 5.43 Å². The second kappa shape index (κ2) is 11.0. The van der Waals surface area contributed by atoms with Crippen LogP contribution in [0.3, 0.4) is 0 Å². The Morgan fingerprint density at radius 3 is 2.67 bits per heavy atom. The van der Waals surface area contributed by atoms with E-state index in [0.29, 0.717) is 17.0 Å². The summed E-state index contributed by atoms with van der Waals surface area (Å²) in [7, 11) is 0. The molecule has 3 aromatic rings. The van der Waals surface area contributed by atoms with Crippen LogP contribution in [0.4, 0.5) is 11.4 Å². The molecule has 3 rings (SSSR count). The normalized spacial score (nSPS) is 10.6.